The van der Waals surface area contributed by atoms with Gasteiger partial charge in [-0.3, -0.25) is 4.79 Å². The fraction of sp³-hybridized carbons (Fsp3) is 0.778. The number of β-lactam (4-membered cyclic amide) rings is 1. The third-order valence-corrected chi connectivity index (χ3v) is 7.55. The Labute approximate surface area is 159 Å². The molecule has 25 heavy (non-hydrogen) atoms. The van der Waals surface area contributed by atoms with E-state index in [9.17, 15) is 9.59 Å². The summed E-state index contributed by atoms with van der Waals surface area (Å²) in [5.74, 6) is 1.69. The van der Waals surface area contributed by atoms with Gasteiger partial charge in [0.2, 0.25) is 5.91 Å². The van der Waals surface area contributed by atoms with Crippen LogP contribution in [-0.4, -0.2) is 75.6 Å². The molecule has 0 aromatic carbocycles. The van der Waals surface area contributed by atoms with Crippen molar-refractivity contribution < 1.29 is 14.3 Å². The monoisotopic (exact) mass is 386 g/mol. The average Bonchev–Trinajstić information content (AvgIpc) is 2.83. The van der Waals surface area contributed by atoms with Gasteiger partial charge in [-0.25, -0.2) is 4.79 Å². The molecule has 2 aliphatic rings. The second-order valence-corrected chi connectivity index (χ2v) is 9.46. The second-order valence-electron chi connectivity index (χ2n) is 6.60. The topological polar surface area (TPSA) is 49.9 Å². The lowest BCUT2D eigenvalue weighted by Gasteiger charge is -2.38. The quantitative estimate of drug-likeness (QED) is 0.235. The SMILES string of the molecule is C=CCSCCC1(C)S[C@@H]2CC(=O)N2[C@H]1C(=O)OCCN(CC)CC. The lowest BCUT2D eigenvalue weighted by atomic mass is 9.94. The van der Waals surface area contributed by atoms with Crippen molar-refractivity contribution in [1.29, 1.82) is 0 Å². The number of fused-ring (bicyclic) bond motifs is 1. The summed E-state index contributed by atoms with van der Waals surface area (Å²) in [5, 5.41) is 0.141. The molecule has 5 nitrogen and oxygen atoms in total. The molecule has 0 aromatic heterocycles. The maximum Gasteiger partial charge on any atom is 0.330 e. The molecular weight excluding hydrogens is 356 g/mol. The molecule has 1 unspecified atom stereocenters. The van der Waals surface area contributed by atoms with Gasteiger partial charge >= 0.3 is 5.97 Å². The third kappa shape index (κ3) is 4.74. The van der Waals surface area contributed by atoms with Gasteiger partial charge in [-0.15, -0.1) is 18.3 Å². The van der Waals surface area contributed by atoms with Gasteiger partial charge in [-0.2, -0.15) is 11.8 Å². The third-order valence-electron chi connectivity index (χ3n) is 4.96. The maximum absolute atomic E-state index is 12.8. The minimum atomic E-state index is -0.454. The molecule has 142 valence electrons. The molecule has 2 saturated heterocycles. The van der Waals surface area contributed by atoms with Crippen LogP contribution in [0.25, 0.3) is 0 Å². The molecule has 0 bridgehead atoms. The number of esters is 1. The molecule has 7 heteroatoms. The van der Waals surface area contributed by atoms with E-state index in [1.54, 1.807) is 16.7 Å². The predicted octanol–water partition coefficient (Wildman–Crippen LogP) is 2.61. The largest absolute Gasteiger partial charge is 0.463 e. The molecule has 0 aromatic rings. The zero-order valence-electron chi connectivity index (χ0n) is 15.5. The number of thioether (sulfide) groups is 2. The Morgan fingerprint density at radius 3 is 2.84 bits per heavy atom. The van der Waals surface area contributed by atoms with E-state index in [1.807, 2.05) is 17.8 Å². The molecule has 2 aliphatic heterocycles. The van der Waals surface area contributed by atoms with Gasteiger partial charge in [0.1, 0.15) is 12.6 Å². The van der Waals surface area contributed by atoms with Crippen molar-refractivity contribution in [1.82, 2.24) is 9.80 Å². The fourth-order valence-electron chi connectivity index (χ4n) is 3.37. The number of likely N-dealkylation sites (N-methyl/N-ethyl adjacent to an activating group) is 1. The molecule has 0 aliphatic carbocycles. The Morgan fingerprint density at radius 2 is 2.24 bits per heavy atom. The van der Waals surface area contributed by atoms with Crippen LogP contribution >= 0.6 is 23.5 Å². The van der Waals surface area contributed by atoms with E-state index in [4.69, 9.17) is 4.74 Å². The Morgan fingerprint density at radius 1 is 1.52 bits per heavy atom. The smallest absolute Gasteiger partial charge is 0.330 e. The number of nitrogens with zero attached hydrogens (tertiary/aromatic N) is 2. The van der Waals surface area contributed by atoms with Crippen LogP contribution < -0.4 is 0 Å². The number of rotatable bonds is 11. The molecule has 3 atom stereocenters. The normalized spacial score (nSPS) is 28.0. The number of amides is 1. The van der Waals surface area contributed by atoms with Crippen molar-refractivity contribution in [2.75, 3.05) is 37.7 Å². The number of hydrogen-bond donors (Lipinski definition) is 0. The minimum Gasteiger partial charge on any atom is -0.463 e. The Hall–Kier alpha value is -0.660. The van der Waals surface area contributed by atoms with Crippen LogP contribution in [0.4, 0.5) is 0 Å². The lowest BCUT2D eigenvalue weighted by Crippen LogP contribution is -2.58. The molecule has 0 spiro atoms. The number of carbonyl (C=O) groups excluding carboxylic acids is 2. The molecule has 0 N–H and O–H groups in total. The van der Waals surface area contributed by atoms with Crippen molar-refractivity contribution in [3.63, 3.8) is 0 Å². The summed E-state index contributed by atoms with van der Waals surface area (Å²) in [7, 11) is 0. The Balaban J connectivity index is 1.96. The zero-order valence-corrected chi connectivity index (χ0v) is 17.2. The van der Waals surface area contributed by atoms with Gasteiger partial charge in [0.15, 0.2) is 0 Å². The number of ether oxygens (including phenoxy) is 1. The van der Waals surface area contributed by atoms with Gasteiger partial charge in [-0.1, -0.05) is 19.9 Å². The summed E-state index contributed by atoms with van der Waals surface area (Å²) in [6.45, 7) is 13.0. The Bertz CT molecular complexity index is 499. The van der Waals surface area contributed by atoms with E-state index in [0.717, 1.165) is 37.6 Å². The van der Waals surface area contributed by atoms with Crippen LogP contribution in [0.3, 0.4) is 0 Å². The van der Waals surface area contributed by atoms with Gasteiger partial charge in [-0.05, 0) is 32.2 Å². The van der Waals surface area contributed by atoms with Crippen molar-refractivity contribution in [3.8, 4) is 0 Å². The Kier molecular flexibility index (Phi) is 7.70. The highest BCUT2D eigenvalue weighted by atomic mass is 32.2. The van der Waals surface area contributed by atoms with E-state index >= 15 is 0 Å². The van der Waals surface area contributed by atoms with E-state index in [1.165, 1.54) is 0 Å². The predicted molar refractivity (Wildman–Crippen MR) is 106 cm³/mol. The highest BCUT2D eigenvalue weighted by molar-refractivity contribution is 8.02. The fourth-order valence-corrected chi connectivity index (χ4v) is 6.16. The van der Waals surface area contributed by atoms with Crippen LogP contribution in [0.5, 0.6) is 0 Å². The van der Waals surface area contributed by atoms with Crippen LogP contribution in [-0.2, 0) is 14.3 Å². The van der Waals surface area contributed by atoms with Crippen LogP contribution in [0.2, 0.25) is 0 Å². The number of carbonyl (C=O) groups is 2. The first-order valence-electron chi connectivity index (χ1n) is 9.03. The van der Waals surface area contributed by atoms with Crippen LogP contribution in [0, 0.1) is 0 Å². The van der Waals surface area contributed by atoms with E-state index < -0.39 is 6.04 Å². The first-order valence-corrected chi connectivity index (χ1v) is 11.1. The van der Waals surface area contributed by atoms with Crippen molar-refractivity contribution >= 4 is 35.4 Å². The second kappa shape index (κ2) is 9.33. The van der Waals surface area contributed by atoms with E-state index in [2.05, 4.69) is 32.3 Å². The molecule has 0 saturated carbocycles. The standard InChI is InChI=1S/C18H30N2O3S2/c1-5-11-24-12-8-18(4)16(20-14(21)13-15(20)25-18)17(22)23-10-9-19(6-2)7-3/h5,15-16H,1,6-13H2,2-4H3/t15-,16+,18?/m1/s1. The molecule has 2 fully saturated rings. The summed E-state index contributed by atoms with van der Waals surface area (Å²) in [6.07, 6.45) is 3.32. The first-order chi connectivity index (χ1) is 12.0. The molecule has 1 amide bonds. The summed E-state index contributed by atoms with van der Waals surface area (Å²) in [5.41, 5.74) is 0. The first kappa shape index (κ1) is 20.6. The molecule has 2 heterocycles. The average molecular weight is 387 g/mol. The van der Waals surface area contributed by atoms with E-state index in [0.29, 0.717) is 13.0 Å². The summed E-state index contributed by atoms with van der Waals surface area (Å²) in [4.78, 5) is 28.8. The highest BCUT2D eigenvalue weighted by Gasteiger charge is 2.60. The number of hydrogen-bond acceptors (Lipinski definition) is 6. The summed E-state index contributed by atoms with van der Waals surface area (Å²) >= 11 is 3.57. The minimum absolute atomic E-state index is 0.0747. The summed E-state index contributed by atoms with van der Waals surface area (Å²) in [6, 6.07) is -0.454. The van der Waals surface area contributed by atoms with Crippen LogP contribution in [0.15, 0.2) is 12.7 Å². The van der Waals surface area contributed by atoms with Crippen molar-refractivity contribution in [2.24, 2.45) is 0 Å². The van der Waals surface area contributed by atoms with E-state index in [-0.39, 0.29) is 22.0 Å². The van der Waals surface area contributed by atoms with Gasteiger partial charge < -0.3 is 14.5 Å². The van der Waals surface area contributed by atoms with Gasteiger partial charge in [0.05, 0.1) is 11.8 Å². The van der Waals surface area contributed by atoms with Crippen molar-refractivity contribution in [2.45, 2.75) is 49.8 Å². The van der Waals surface area contributed by atoms with Crippen molar-refractivity contribution in [3.05, 3.63) is 12.7 Å². The molecule has 2 rings (SSSR count). The highest BCUT2D eigenvalue weighted by Crippen LogP contribution is 2.53. The van der Waals surface area contributed by atoms with Crippen LogP contribution in [0.1, 0.15) is 33.6 Å². The zero-order chi connectivity index (χ0) is 18.4. The molecular formula is C18H30N2O3S2. The van der Waals surface area contributed by atoms with Gasteiger partial charge in [0, 0.05) is 17.0 Å². The molecule has 0 radical (unpaired) electrons. The van der Waals surface area contributed by atoms with Gasteiger partial charge in [0.25, 0.3) is 0 Å². The lowest BCUT2D eigenvalue weighted by molar-refractivity contribution is -0.161. The summed E-state index contributed by atoms with van der Waals surface area (Å²) < 4.78 is 5.31. The maximum atomic E-state index is 12.8.